The van der Waals surface area contributed by atoms with Crippen molar-refractivity contribution in [2.24, 2.45) is 5.14 Å². The molecule has 0 aliphatic rings. The number of primary sulfonamides is 1. The van der Waals surface area contributed by atoms with Crippen molar-refractivity contribution in [2.45, 2.75) is 24.3 Å². The molecule has 1 amide bonds. The van der Waals surface area contributed by atoms with E-state index in [9.17, 15) is 13.2 Å². The first-order chi connectivity index (χ1) is 12.4. The van der Waals surface area contributed by atoms with Crippen molar-refractivity contribution in [3.63, 3.8) is 0 Å². The van der Waals surface area contributed by atoms with E-state index in [2.05, 4.69) is 5.32 Å². The Morgan fingerprint density at radius 2 is 1.65 bits per heavy atom. The summed E-state index contributed by atoms with van der Waals surface area (Å²) in [6.45, 7) is 1.92. The molecule has 0 unspecified atom stereocenters. The highest BCUT2D eigenvalue weighted by molar-refractivity contribution is 7.89. The van der Waals surface area contributed by atoms with E-state index in [-0.39, 0.29) is 10.8 Å². The van der Waals surface area contributed by atoms with Gasteiger partial charge in [-0.05, 0) is 36.2 Å². The molecule has 7 heteroatoms. The van der Waals surface area contributed by atoms with Gasteiger partial charge in [0.1, 0.15) is 0 Å². The highest BCUT2D eigenvalue weighted by atomic mass is 32.2. The second-order valence-electron chi connectivity index (χ2n) is 6.17. The highest BCUT2D eigenvalue weighted by Gasteiger charge is 2.09. The lowest BCUT2D eigenvalue weighted by molar-refractivity contribution is -0.130. The summed E-state index contributed by atoms with van der Waals surface area (Å²) < 4.78 is 22.4. The Kier molecular flexibility index (Phi) is 7.32. The monoisotopic (exact) mass is 375 g/mol. The number of amides is 1. The number of hydrogen-bond donors (Lipinski definition) is 2. The van der Waals surface area contributed by atoms with Crippen LogP contribution in [0.5, 0.6) is 0 Å². The smallest absolute Gasteiger partial charge is 0.238 e. The van der Waals surface area contributed by atoms with Gasteiger partial charge in [-0.25, -0.2) is 13.6 Å². The summed E-state index contributed by atoms with van der Waals surface area (Å²) >= 11 is 0. The van der Waals surface area contributed by atoms with Gasteiger partial charge < -0.3 is 10.2 Å². The van der Waals surface area contributed by atoms with Gasteiger partial charge >= 0.3 is 0 Å². The fourth-order valence-corrected chi connectivity index (χ4v) is 3.05. The molecule has 0 aliphatic heterocycles. The van der Waals surface area contributed by atoms with Crippen molar-refractivity contribution in [3.05, 3.63) is 65.7 Å². The molecular weight excluding hydrogens is 350 g/mol. The predicted octanol–water partition coefficient (Wildman–Crippen LogP) is 1.51. The lowest BCUT2D eigenvalue weighted by Gasteiger charge is -2.17. The van der Waals surface area contributed by atoms with Crippen LogP contribution < -0.4 is 10.5 Å². The van der Waals surface area contributed by atoms with Crippen molar-refractivity contribution >= 4 is 15.9 Å². The second-order valence-corrected chi connectivity index (χ2v) is 7.74. The maximum atomic E-state index is 12.1. The number of benzene rings is 2. The minimum atomic E-state index is -3.65. The third-order valence-electron chi connectivity index (χ3n) is 4.05. The van der Waals surface area contributed by atoms with Crippen LogP contribution in [0.15, 0.2) is 59.5 Å². The molecule has 26 heavy (non-hydrogen) atoms. The van der Waals surface area contributed by atoms with Gasteiger partial charge in [0.15, 0.2) is 0 Å². The first-order valence-corrected chi connectivity index (χ1v) is 10.0. The van der Waals surface area contributed by atoms with Crippen LogP contribution in [0.25, 0.3) is 0 Å². The molecule has 2 aromatic rings. The van der Waals surface area contributed by atoms with Crippen molar-refractivity contribution in [1.29, 1.82) is 0 Å². The maximum absolute atomic E-state index is 12.1. The fraction of sp³-hybridized carbons (Fsp3) is 0.316. The van der Waals surface area contributed by atoms with Gasteiger partial charge in [0.25, 0.3) is 0 Å². The Bertz CT molecular complexity index is 806. The number of rotatable bonds is 9. The van der Waals surface area contributed by atoms with Crippen molar-refractivity contribution in [3.8, 4) is 0 Å². The normalized spacial score (nSPS) is 11.3. The van der Waals surface area contributed by atoms with Crippen molar-refractivity contribution in [1.82, 2.24) is 10.2 Å². The summed E-state index contributed by atoms with van der Waals surface area (Å²) in [5.41, 5.74) is 2.12. The molecule has 0 bridgehead atoms. The predicted molar refractivity (Wildman–Crippen MR) is 102 cm³/mol. The molecule has 0 aromatic heterocycles. The van der Waals surface area contributed by atoms with Crippen LogP contribution >= 0.6 is 0 Å². The Morgan fingerprint density at radius 3 is 2.27 bits per heavy atom. The number of nitrogens with one attached hydrogen (secondary N) is 1. The second kappa shape index (κ2) is 9.47. The average molecular weight is 375 g/mol. The van der Waals surface area contributed by atoms with E-state index >= 15 is 0 Å². The number of carbonyl (C=O) groups is 1. The maximum Gasteiger partial charge on any atom is 0.238 e. The molecule has 140 valence electrons. The van der Waals surface area contributed by atoms with Gasteiger partial charge in [-0.3, -0.25) is 4.79 Å². The summed E-state index contributed by atoms with van der Waals surface area (Å²) in [4.78, 5) is 14.0. The Labute approximate surface area is 155 Å². The molecule has 0 spiro atoms. The molecule has 0 radical (unpaired) electrons. The number of carbonyl (C=O) groups excluding carboxylic acids is 1. The van der Waals surface area contributed by atoms with Gasteiger partial charge in [-0.2, -0.15) is 0 Å². The molecule has 0 fully saturated rings. The zero-order valence-corrected chi connectivity index (χ0v) is 15.7. The molecular formula is C19H25N3O3S. The zero-order valence-electron chi connectivity index (χ0n) is 14.9. The van der Waals surface area contributed by atoms with E-state index in [1.165, 1.54) is 12.1 Å². The Morgan fingerprint density at radius 1 is 1.00 bits per heavy atom. The van der Waals surface area contributed by atoms with Crippen LogP contribution in [0.2, 0.25) is 0 Å². The van der Waals surface area contributed by atoms with E-state index in [4.69, 9.17) is 5.14 Å². The van der Waals surface area contributed by atoms with E-state index in [0.29, 0.717) is 26.1 Å². The average Bonchev–Trinajstić information content (AvgIpc) is 2.61. The number of nitrogens with two attached hydrogens (primary N) is 1. The molecule has 2 aromatic carbocycles. The van der Waals surface area contributed by atoms with Crippen LogP contribution in [0.1, 0.15) is 17.5 Å². The summed E-state index contributed by atoms with van der Waals surface area (Å²) in [6.07, 6.45) is 1.19. The highest BCUT2D eigenvalue weighted by Crippen LogP contribution is 2.09. The van der Waals surface area contributed by atoms with Gasteiger partial charge in [-0.1, -0.05) is 42.5 Å². The first-order valence-electron chi connectivity index (χ1n) is 8.46. The summed E-state index contributed by atoms with van der Waals surface area (Å²) in [6, 6.07) is 16.4. The number of hydrogen-bond acceptors (Lipinski definition) is 4. The van der Waals surface area contributed by atoms with E-state index in [1.807, 2.05) is 37.4 Å². The summed E-state index contributed by atoms with van der Waals surface area (Å²) in [5.74, 6) is 0.0962. The molecule has 0 aliphatic carbocycles. The van der Waals surface area contributed by atoms with Crippen LogP contribution in [-0.4, -0.2) is 39.4 Å². The molecule has 3 N–H and O–H groups in total. The third-order valence-corrected chi connectivity index (χ3v) is 4.98. The standard InChI is InChI=1S/C19H25N3O3S/c1-22(15-17-5-3-2-4-6-17)19(23)12-14-21-13-11-16-7-9-18(10-8-16)26(20,24)25/h2-10,21H,11-15H2,1H3,(H2,20,24,25). The van der Waals surface area contributed by atoms with Gasteiger partial charge in [0.2, 0.25) is 15.9 Å². The van der Waals surface area contributed by atoms with Crippen molar-refractivity contribution in [2.75, 3.05) is 20.1 Å². The zero-order chi connectivity index (χ0) is 19.0. The van der Waals surface area contributed by atoms with Crippen LogP contribution in [0.3, 0.4) is 0 Å². The number of nitrogens with zero attached hydrogens (tertiary/aromatic N) is 1. The Balaban J connectivity index is 1.66. The minimum absolute atomic E-state index is 0.0962. The van der Waals surface area contributed by atoms with Crippen LogP contribution in [-0.2, 0) is 27.8 Å². The fourth-order valence-electron chi connectivity index (χ4n) is 2.54. The number of sulfonamides is 1. The van der Waals surface area contributed by atoms with Gasteiger partial charge in [0.05, 0.1) is 4.90 Å². The minimum Gasteiger partial charge on any atom is -0.341 e. The lowest BCUT2D eigenvalue weighted by atomic mass is 10.1. The van der Waals surface area contributed by atoms with Crippen LogP contribution in [0.4, 0.5) is 0 Å². The molecule has 6 nitrogen and oxygen atoms in total. The SMILES string of the molecule is CN(Cc1ccccc1)C(=O)CCNCCc1ccc(S(N)(=O)=O)cc1. The van der Waals surface area contributed by atoms with Gasteiger partial charge in [-0.15, -0.1) is 0 Å². The van der Waals surface area contributed by atoms with E-state index in [1.54, 1.807) is 17.0 Å². The molecule has 2 rings (SSSR count). The Hall–Kier alpha value is -2.22. The molecule has 0 saturated heterocycles. The van der Waals surface area contributed by atoms with Crippen LogP contribution in [0, 0.1) is 0 Å². The molecule has 0 saturated carbocycles. The summed E-state index contributed by atoms with van der Waals surface area (Å²) in [5, 5.41) is 8.31. The topological polar surface area (TPSA) is 92.5 Å². The van der Waals surface area contributed by atoms with Crippen molar-refractivity contribution < 1.29 is 13.2 Å². The third kappa shape index (κ3) is 6.59. The largest absolute Gasteiger partial charge is 0.341 e. The molecule has 0 heterocycles. The first kappa shape index (κ1) is 20.1. The van der Waals surface area contributed by atoms with E-state index in [0.717, 1.165) is 17.5 Å². The molecule has 0 atom stereocenters. The summed E-state index contributed by atoms with van der Waals surface area (Å²) in [7, 11) is -1.84. The van der Waals surface area contributed by atoms with Gasteiger partial charge in [0, 0.05) is 26.6 Å². The lowest BCUT2D eigenvalue weighted by Crippen LogP contribution is -2.30. The van der Waals surface area contributed by atoms with E-state index < -0.39 is 10.0 Å². The quantitative estimate of drug-likeness (QED) is 0.650.